The van der Waals surface area contributed by atoms with Gasteiger partial charge in [0.2, 0.25) is 0 Å². The third kappa shape index (κ3) is 5.77. The molecule has 1 saturated heterocycles. The molecule has 0 saturated carbocycles. The van der Waals surface area contributed by atoms with Gasteiger partial charge in [0.05, 0.1) is 6.42 Å². The van der Waals surface area contributed by atoms with Crippen LogP contribution >= 0.6 is 0 Å². The lowest BCUT2D eigenvalue weighted by atomic mass is 9.93. The molecule has 88 valence electrons. The van der Waals surface area contributed by atoms with Gasteiger partial charge in [-0.2, -0.15) is 13.2 Å². The van der Waals surface area contributed by atoms with Crippen LogP contribution in [0.25, 0.3) is 0 Å². The molecule has 0 spiro atoms. The van der Waals surface area contributed by atoms with Crippen molar-refractivity contribution in [2.75, 3.05) is 13.2 Å². The summed E-state index contributed by atoms with van der Waals surface area (Å²) in [5.41, 5.74) is 0. The Bertz CT molecular complexity index is 207. The van der Waals surface area contributed by atoms with Crippen LogP contribution < -0.4 is 0 Å². The van der Waals surface area contributed by atoms with Gasteiger partial charge in [-0.3, -0.25) is 4.79 Å². The predicted molar refractivity (Wildman–Crippen MR) is 48.5 cm³/mol. The minimum Gasteiger partial charge on any atom is -0.381 e. The lowest BCUT2D eigenvalue weighted by Gasteiger charge is -2.21. The Morgan fingerprint density at radius 3 is 2.40 bits per heavy atom. The highest BCUT2D eigenvalue weighted by atomic mass is 19.4. The predicted octanol–water partition coefficient (Wildman–Crippen LogP) is 2.71. The monoisotopic (exact) mass is 224 g/mol. The molecule has 0 atom stereocenters. The summed E-state index contributed by atoms with van der Waals surface area (Å²) in [7, 11) is 0. The van der Waals surface area contributed by atoms with E-state index in [1.54, 1.807) is 0 Å². The molecule has 1 aliphatic rings. The van der Waals surface area contributed by atoms with Crippen LogP contribution in [0.5, 0.6) is 0 Å². The zero-order chi connectivity index (χ0) is 11.3. The van der Waals surface area contributed by atoms with E-state index in [4.69, 9.17) is 4.74 Å². The van der Waals surface area contributed by atoms with Gasteiger partial charge in [-0.05, 0) is 18.8 Å². The number of halogens is 3. The van der Waals surface area contributed by atoms with Gasteiger partial charge in [-0.25, -0.2) is 0 Å². The van der Waals surface area contributed by atoms with Gasteiger partial charge in [0.25, 0.3) is 0 Å². The van der Waals surface area contributed by atoms with Crippen molar-refractivity contribution in [3.05, 3.63) is 0 Å². The molecular weight excluding hydrogens is 209 g/mol. The second kappa shape index (κ2) is 5.49. The first-order valence-corrected chi connectivity index (χ1v) is 5.13. The van der Waals surface area contributed by atoms with Crippen LogP contribution in [0.15, 0.2) is 0 Å². The molecular formula is C10H15F3O2. The molecule has 1 heterocycles. The minimum absolute atomic E-state index is 0.222. The number of hydrogen-bond donors (Lipinski definition) is 0. The minimum atomic E-state index is -4.22. The molecule has 1 rings (SSSR count). The number of carbonyl (C=O) groups is 1. The molecule has 0 aromatic heterocycles. The summed E-state index contributed by atoms with van der Waals surface area (Å²) in [5.74, 6) is -0.0568. The maximum Gasteiger partial charge on any atom is 0.389 e. The van der Waals surface area contributed by atoms with Crippen molar-refractivity contribution in [3.8, 4) is 0 Å². The second-order valence-corrected chi connectivity index (χ2v) is 3.91. The fourth-order valence-corrected chi connectivity index (χ4v) is 1.66. The van der Waals surface area contributed by atoms with Crippen LogP contribution in [0.2, 0.25) is 0 Å². The number of hydrogen-bond acceptors (Lipinski definition) is 2. The lowest BCUT2D eigenvalue weighted by molar-refractivity contribution is -0.143. The molecule has 0 aliphatic carbocycles. The molecule has 0 aromatic rings. The van der Waals surface area contributed by atoms with E-state index in [0.29, 0.717) is 13.2 Å². The number of ketones is 1. The highest BCUT2D eigenvalue weighted by Crippen LogP contribution is 2.24. The molecule has 0 bridgehead atoms. The summed E-state index contributed by atoms with van der Waals surface area (Å²) in [6.07, 6.45) is -3.73. The number of ether oxygens (including phenoxy) is 1. The van der Waals surface area contributed by atoms with E-state index in [-0.39, 0.29) is 24.5 Å². The summed E-state index contributed by atoms with van der Waals surface area (Å²) in [6, 6.07) is 0. The van der Waals surface area contributed by atoms with Gasteiger partial charge in [0.1, 0.15) is 5.78 Å². The normalized spacial score (nSPS) is 19.1. The van der Waals surface area contributed by atoms with Crippen molar-refractivity contribution in [3.63, 3.8) is 0 Å². The molecule has 15 heavy (non-hydrogen) atoms. The number of carbonyl (C=O) groups excluding carboxylic acids is 1. The summed E-state index contributed by atoms with van der Waals surface area (Å²) < 4.78 is 40.6. The maximum atomic E-state index is 11.8. The quantitative estimate of drug-likeness (QED) is 0.733. The van der Waals surface area contributed by atoms with Crippen molar-refractivity contribution in [2.45, 2.75) is 38.3 Å². The standard InChI is InChI=1S/C10H15F3O2/c11-10(12,13)4-1-9(14)7-8-2-5-15-6-3-8/h8H,1-7H2. The number of rotatable bonds is 4. The average molecular weight is 224 g/mol. The van der Waals surface area contributed by atoms with Crippen LogP contribution in [0, 0.1) is 5.92 Å². The molecule has 1 aliphatic heterocycles. The number of Topliss-reactive ketones (excluding diaryl/α,β-unsaturated/α-hetero) is 1. The van der Waals surface area contributed by atoms with Crippen molar-refractivity contribution in [2.24, 2.45) is 5.92 Å². The molecule has 0 radical (unpaired) electrons. The fourth-order valence-electron chi connectivity index (χ4n) is 1.66. The van der Waals surface area contributed by atoms with Crippen molar-refractivity contribution < 1.29 is 22.7 Å². The molecule has 1 fully saturated rings. The van der Waals surface area contributed by atoms with Crippen LogP contribution in [0.3, 0.4) is 0 Å². The van der Waals surface area contributed by atoms with E-state index in [0.717, 1.165) is 12.8 Å². The van der Waals surface area contributed by atoms with Crippen LogP contribution in [0.4, 0.5) is 13.2 Å². The van der Waals surface area contributed by atoms with Crippen LogP contribution in [-0.4, -0.2) is 25.2 Å². The molecule has 2 nitrogen and oxygen atoms in total. The van der Waals surface area contributed by atoms with Crippen LogP contribution in [0.1, 0.15) is 32.1 Å². The molecule has 0 amide bonds. The Labute approximate surface area is 86.8 Å². The molecule has 5 heteroatoms. The van der Waals surface area contributed by atoms with E-state index >= 15 is 0 Å². The topological polar surface area (TPSA) is 26.3 Å². The Hall–Kier alpha value is -0.580. The third-order valence-electron chi connectivity index (χ3n) is 2.54. The highest BCUT2D eigenvalue weighted by Gasteiger charge is 2.28. The van der Waals surface area contributed by atoms with E-state index < -0.39 is 12.6 Å². The summed E-state index contributed by atoms with van der Waals surface area (Å²) in [5, 5.41) is 0. The maximum absolute atomic E-state index is 11.8. The Morgan fingerprint density at radius 2 is 1.87 bits per heavy atom. The van der Waals surface area contributed by atoms with E-state index in [9.17, 15) is 18.0 Å². The first kappa shape index (κ1) is 12.5. The first-order valence-electron chi connectivity index (χ1n) is 5.13. The van der Waals surface area contributed by atoms with E-state index in [1.165, 1.54) is 0 Å². The molecule has 0 unspecified atom stereocenters. The SMILES string of the molecule is O=C(CCC(F)(F)F)CC1CCOCC1. The summed E-state index contributed by atoms with van der Waals surface area (Å²) in [6.45, 7) is 1.24. The molecule has 0 N–H and O–H groups in total. The Kier molecular flexibility index (Phi) is 4.57. The zero-order valence-electron chi connectivity index (χ0n) is 8.48. The lowest BCUT2D eigenvalue weighted by Crippen LogP contribution is -2.19. The smallest absolute Gasteiger partial charge is 0.381 e. The van der Waals surface area contributed by atoms with Gasteiger partial charge in [0, 0.05) is 26.1 Å². The van der Waals surface area contributed by atoms with E-state index in [2.05, 4.69) is 0 Å². The van der Waals surface area contributed by atoms with Gasteiger partial charge < -0.3 is 4.74 Å². The van der Waals surface area contributed by atoms with E-state index in [1.807, 2.05) is 0 Å². The highest BCUT2D eigenvalue weighted by molar-refractivity contribution is 5.78. The molecule has 0 aromatic carbocycles. The Morgan fingerprint density at radius 1 is 1.27 bits per heavy atom. The summed E-state index contributed by atoms with van der Waals surface area (Å²) >= 11 is 0. The van der Waals surface area contributed by atoms with Crippen LogP contribution in [-0.2, 0) is 9.53 Å². The second-order valence-electron chi connectivity index (χ2n) is 3.91. The largest absolute Gasteiger partial charge is 0.389 e. The zero-order valence-corrected chi connectivity index (χ0v) is 8.48. The van der Waals surface area contributed by atoms with Crippen molar-refractivity contribution in [1.82, 2.24) is 0 Å². The Balaban J connectivity index is 2.17. The van der Waals surface area contributed by atoms with Gasteiger partial charge >= 0.3 is 6.18 Å². The summed E-state index contributed by atoms with van der Waals surface area (Å²) in [4.78, 5) is 11.2. The van der Waals surface area contributed by atoms with Gasteiger partial charge in [-0.1, -0.05) is 0 Å². The third-order valence-corrected chi connectivity index (χ3v) is 2.54. The fraction of sp³-hybridized carbons (Fsp3) is 0.900. The van der Waals surface area contributed by atoms with Gasteiger partial charge in [-0.15, -0.1) is 0 Å². The average Bonchev–Trinajstić information content (AvgIpc) is 2.15. The number of alkyl halides is 3. The van der Waals surface area contributed by atoms with Crippen molar-refractivity contribution >= 4 is 5.78 Å². The van der Waals surface area contributed by atoms with Gasteiger partial charge in [0.15, 0.2) is 0 Å². The van der Waals surface area contributed by atoms with Crippen molar-refractivity contribution in [1.29, 1.82) is 0 Å². The first-order chi connectivity index (χ1) is 6.97.